The molecule has 338 valence electrons. The zero-order valence-corrected chi connectivity index (χ0v) is 38.0. The fraction of sp³-hybridized carbons (Fsp3) is 0.520. The van der Waals surface area contributed by atoms with Gasteiger partial charge in [-0.2, -0.15) is 0 Å². The number of fused-ring (bicyclic) bond motifs is 3. The molecule has 4 atom stereocenters. The summed E-state index contributed by atoms with van der Waals surface area (Å²) in [6, 6.07) is 15.8. The molecule has 9 rings (SSSR count). The van der Waals surface area contributed by atoms with Gasteiger partial charge in [-0.15, -0.1) is 0 Å². The monoisotopic (exact) mass is 870 g/mol. The number of rotatable bonds is 10. The van der Waals surface area contributed by atoms with Gasteiger partial charge >= 0.3 is 12.2 Å². The van der Waals surface area contributed by atoms with Crippen LogP contribution in [0.4, 0.5) is 9.59 Å². The van der Waals surface area contributed by atoms with Gasteiger partial charge in [0.25, 0.3) is 0 Å². The van der Waals surface area contributed by atoms with Gasteiger partial charge in [-0.25, -0.2) is 19.6 Å². The van der Waals surface area contributed by atoms with Gasteiger partial charge in [0.15, 0.2) is 0 Å². The van der Waals surface area contributed by atoms with E-state index in [9.17, 15) is 19.2 Å². The van der Waals surface area contributed by atoms with Gasteiger partial charge in [0.1, 0.15) is 23.7 Å². The van der Waals surface area contributed by atoms with Crippen LogP contribution in [0, 0.1) is 17.3 Å². The Balaban J connectivity index is 1.02. The number of likely N-dealkylation sites (tertiary alicyclic amines) is 2. The van der Waals surface area contributed by atoms with Crippen molar-refractivity contribution in [3.63, 3.8) is 0 Å². The molecule has 14 heteroatoms. The predicted octanol–water partition coefficient (Wildman–Crippen LogP) is 8.91. The molecule has 4 aliphatic rings. The average molecular weight is 871 g/mol. The molecule has 4 heterocycles. The van der Waals surface area contributed by atoms with Crippen molar-refractivity contribution < 1.29 is 28.7 Å². The van der Waals surface area contributed by atoms with Crippen molar-refractivity contribution >= 4 is 46.1 Å². The van der Waals surface area contributed by atoms with Crippen molar-refractivity contribution in [2.24, 2.45) is 17.3 Å². The van der Waals surface area contributed by atoms with Gasteiger partial charge in [-0.1, -0.05) is 71.2 Å². The van der Waals surface area contributed by atoms with Crippen molar-refractivity contribution in [2.75, 3.05) is 27.3 Å². The number of ether oxygens (including phenoxy) is 2. The molecule has 0 bridgehead atoms. The molecule has 64 heavy (non-hydrogen) atoms. The van der Waals surface area contributed by atoms with E-state index >= 15 is 0 Å². The fourth-order valence-electron chi connectivity index (χ4n) is 11.2. The summed E-state index contributed by atoms with van der Waals surface area (Å²) in [4.78, 5) is 73.0. The van der Waals surface area contributed by atoms with Gasteiger partial charge in [-0.3, -0.25) is 9.59 Å². The van der Waals surface area contributed by atoms with E-state index in [2.05, 4.69) is 69.1 Å². The van der Waals surface area contributed by atoms with E-state index in [0.717, 1.165) is 83.4 Å². The number of hydrogen-bond donors (Lipinski definition) is 4. The third-order valence-corrected chi connectivity index (χ3v) is 14.6. The van der Waals surface area contributed by atoms with Crippen LogP contribution in [0.3, 0.4) is 0 Å². The zero-order valence-electron chi connectivity index (χ0n) is 38.0. The minimum Gasteiger partial charge on any atom is -0.453 e. The number of methoxy groups -OCH3 is 2. The Morgan fingerprint density at radius 2 is 1.08 bits per heavy atom. The molecular formula is C50H62N8O6. The number of amides is 4. The van der Waals surface area contributed by atoms with Crippen LogP contribution in [-0.4, -0.2) is 93.1 Å². The van der Waals surface area contributed by atoms with Crippen LogP contribution in [0.5, 0.6) is 0 Å². The first-order valence-corrected chi connectivity index (χ1v) is 23.3. The first-order valence-electron chi connectivity index (χ1n) is 23.3. The van der Waals surface area contributed by atoms with Crippen molar-refractivity contribution in [1.82, 2.24) is 40.4 Å². The smallest absolute Gasteiger partial charge is 0.407 e. The van der Waals surface area contributed by atoms with Crippen LogP contribution in [-0.2, 0) is 31.9 Å². The molecule has 14 nitrogen and oxygen atoms in total. The normalized spacial score (nSPS) is 20.3. The van der Waals surface area contributed by atoms with Gasteiger partial charge in [-0.05, 0) is 126 Å². The molecule has 1 spiro atoms. The number of nitrogens with one attached hydrogen (secondary N) is 4. The lowest BCUT2D eigenvalue weighted by Crippen LogP contribution is -2.51. The number of hydrogen-bond acceptors (Lipinski definition) is 8. The van der Waals surface area contributed by atoms with E-state index in [1.54, 1.807) is 0 Å². The number of alkyl carbamates (subject to hydrolysis) is 2. The summed E-state index contributed by atoms with van der Waals surface area (Å²) in [6.45, 7) is 8.90. The summed E-state index contributed by atoms with van der Waals surface area (Å²) < 4.78 is 9.66. The lowest BCUT2D eigenvalue weighted by molar-refractivity contribution is -0.136. The van der Waals surface area contributed by atoms with E-state index in [1.807, 2.05) is 37.5 Å². The maximum atomic E-state index is 13.9. The van der Waals surface area contributed by atoms with Crippen LogP contribution >= 0.6 is 0 Å². The SMILES string of the molecule is COC(=O)NC(C(=O)N1CCCC1c1nc2ccc(-c3ccc(-c4ccc5nc(C6CCCN6C(=O)C(NC(=O)OC)C(C)C)[nH]c5c4)c4c3CC3(CCCCC3)C4)cc2[nH]1)C(C)C. The van der Waals surface area contributed by atoms with Crippen molar-refractivity contribution in [3.05, 3.63) is 71.3 Å². The van der Waals surface area contributed by atoms with Crippen molar-refractivity contribution in [2.45, 2.75) is 122 Å². The molecule has 4 amide bonds. The van der Waals surface area contributed by atoms with E-state index < -0.39 is 24.3 Å². The first-order chi connectivity index (χ1) is 30.9. The molecule has 1 saturated carbocycles. The van der Waals surface area contributed by atoms with Gasteiger partial charge in [0.05, 0.1) is 48.4 Å². The third kappa shape index (κ3) is 8.08. The zero-order chi connectivity index (χ0) is 44.9. The van der Waals surface area contributed by atoms with E-state index in [4.69, 9.17) is 19.4 Å². The number of H-pyrrole nitrogens is 2. The Bertz CT molecular complexity index is 2420. The highest BCUT2D eigenvalue weighted by Crippen LogP contribution is 2.52. The van der Waals surface area contributed by atoms with E-state index in [-0.39, 0.29) is 41.1 Å². The number of carbonyl (C=O) groups is 4. The number of nitrogens with zero attached hydrogens (tertiary/aromatic N) is 4. The number of benzene rings is 3. The number of carbonyl (C=O) groups excluding carboxylic acids is 4. The molecule has 4 N–H and O–H groups in total. The molecule has 0 radical (unpaired) electrons. The Hall–Kier alpha value is -5.92. The maximum Gasteiger partial charge on any atom is 0.407 e. The Morgan fingerprint density at radius 3 is 1.48 bits per heavy atom. The summed E-state index contributed by atoms with van der Waals surface area (Å²) >= 11 is 0. The number of imidazole rings is 2. The molecule has 4 unspecified atom stereocenters. The largest absolute Gasteiger partial charge is 0.453 e. The Kier molecular flexibility index (Phi) is 11.9. The molecule has 2 aromatic heterocycles. The summed E-state index contributed by atoms with van der Waals surface area (Å²) in [5.41, 5.74) is 11.5. The maximum absolute atomic E-state index is 13.9. The van der Waals surface area contributed by atoms with E-state index in [0.29, 0.717) is 13.1 Å². The molecule has 2 saturated heterocycles. The Labute approximate surface area is 374 Å². The minimum atomic E-state index is -0.692. The highest BCUT2D eigenvalue weighted by atomic mass is 16.5. The van der Waals surface area contributed by atoms with Crippen molar-refractivity contribution in [1.29, 1.82) is 0 Å². The van der Waals surface area contributed by atoms with Crippen LogP contribution in [0.2, 0.25) is 0 Å². The molecule has 2 aliphatic heterocycles. The van der Waals surface area contributed by atoms with Gasteiger partial charge < -0.3 is 39.9 Å². The average Bonchev–Trinajstić information content (AvgIpc) is 4.15. The third-order valence-electron chi connectivity index (χ3n) is 14.6. The van der Waals surface area contributed by atoms with Crippen LogP contribution in [0.15, 0.2) is 48.5 Å². The first kappa shape index (κ1) is 43.3. The standard InChI is InChI=1S/C50H62N8O6/c1-28(2)42(55-48(61)63-5)46(59)57-22-10-12-40(57)44-51-36-18-14-30(24-38(36)53-44)32-16-17-33(35-27-50(26-34(32)35)20-8-7-9-21-50)31-15-19-37-39(25-31)54-45(52-37)41-13-11-23-58(41)47(60)43(29(3)4)56-49(62)64-6/h14-19,24-25,28-29,40-43H,7-13,20-23,26-27H2,1-6H3,(H,51,53)(H,52,54)(H,55,61)(H,56,62). The minimum absolute atomic E-state index is 0.109. The van der Waals surface area contributed by atoms with Gasteiger partial charge in [0, 0.05) is 13.1 Å². The molecule has 2 aliphatic carbocycles. The topological polar surface area (TPSA) is 175 Å². The summed E-state index contributed by atoms with van der Waals surface area (Å²) in [5.74, 6) is 1.06. The lowest BCUT2D eigenvalue weighted by Gasteiger charge is -2.33. The van der Waals surface area contributed by atoms with Gasteiger partial charge in [0.2, 0.25) is 11.8 Å². The quantitative estimate of drug-likeness (QED) is 0.108. The second-order valence-corrected chi connectivity index (χ2v) is 19.3. The summed E-state index contributed by atoms with van der Waals surface area (Å²) in [7, 11) is 2.62. The highest BCUT2D eigenvalue weighted by Gasteiger charge is 2.42. The summed E-state index contributed by atoms with van der Waals surface area (Å²) in [6.07, 6.45) is 10.5. The second kappa shape index (κ2) is 17.6. The molecule has 3 fully saturated rings. The van der Waals surface area contributed by atoms with Crippen LogP contribution in [0.25, 0.3) is 44.3 Å². The number of aromatic amines is 2. The van der Waals surface area contributed by atoms with Crippen LogP contribution < -0.4 is 10.6 Å². The lowest BCUT2D eigenvalue weighted by atomic mass is 9.72. The van der Waals surface area contributed by atoms with E-state index in [1.165, 1.54) is 68.6 Å². The fourth-order valence-corrected chi connectivity index (χ4v) is 11.2. The number of aromatic nitrogens is 4. The van der Waals surface area contributed by atoms with Crippen molar-refractivity contribution in [3.8, 4) is 22.3 Å². The predicted molar refractivity (Wildman–Crippen MR) is 245 cm³/mol. The van der Waals surface area contributed by atoms with Crippen LogP contribution in [0.1, 0.15) is 120 Å². The summed E-state index contributed by atoms with van der Waals surface area (Å²) in [5, 5.41) is 5.49. The highest BCUT2D eigenvalue weighted by molar-refractivity contribution is 5.90. The molecule has 5 aromatic rings. The second-order valence-electron chi connectivity index (χ2n) is 19.3. The Morgan fingerprint density at radius 1 is 0.641 bits per heavy atom. The molecule has 3 aromatic carbocycles. The molecular weight excluding hydrogens is 809 g/mol.